The van der Waals surface area contributed by atoms with Gasteiger partial charge in [-0.15, -0.1) is 3.89 Å². The minimum Gasteiger partial charge on any atom is -0.493 e. The molecule has 2 aromatic heterocycles. The number of H-pyrrole nitrogens is 1. The van der Waals surface area contributed by atoms with E-state index in [1.807, 2.05) is 13.0 Å². The topological polar surface area (TPSA) is 117 Å². The lowest BCUT2D eigenvalue weighted by Gasteiger charge is -2.32. The summed E-state index contributed by atoms with van der Waals surface area (Å²) in [6.07, 6.45) is 1.69. The molecule has 0 amide bonds. The van der Waals surface area contributed by atoms with Crippen molar-refractivity contribution in [2.75, 3.05) is 19.7 Å². The lowest BCUT2D eigenvalue weighted by molar-refractivity contribution is 0.311. The van der Waals surface area contributed by atoms with E-state index in [2.05, 4.69) is 20.9 Å². The normalized spacial score (nSPS) is 14.1. The van der Waals surface area contributed by atoms with E-state index in [0.29, 0.717) is 69.6 Å². The molecule has 5 aromatic rings. The van der Waals surface area contributed by atoms with Crippen molar-refractivity contribution < 1.29 is 17.0 Å². The third-order valence-corrected chi connectivity index (χ3v) is 8.10. The Morgan fingerprint density at radius 1 is 1.13 bits per heavy atom. The predicted molar refractivity (Wildman–Crippen MR) is 148 cm³/mol. The number of rotatable bonds is 7. The number of aromatic nitrogens is 2. The summed E-state index contributed by atoms with van der Waals surface area (Å²) in [6, 6.07) is 16.6. The van der Waals surface area contributed by atoms with Crippen LogP contribution >= 0.6 is 0 Å². The summed E-state index contributed by atoms with van der Waals surface area (Å²) < 4.78 is 45.4. The van der Waals surface area contributed by atoms with Crippen LogP contribution in [0.4, 0.5) is 3.89 Å². The Labute approximate surface area is 223 Å². The highest BCUT2D eigenvalue weighted by Gasteiger charge is 2.27. The maximum Gasteiger partial charge on any atom is 0.332 e. The number of halogens is 1. The Bertz CT molecular complexity index is 1980. The van der Waals surface area contributed by atoms with E-state index in [0.717, 1.165) is 18.2 Å². The maximum atomic E-state index is 14.0. The molecule has 2 N–H and O–H groups in total. The van der Waals surface area contributed by atoms with Gasteiger partial charge >= 0.3 is 10.2 Å². The minimum atomic E-state index is -4.91. The number of aromatic amines is 1. The van der Waals surface area contributed by atoms with Gasteiger partial charge < -0.3 is 19.6 Å². The largest absolute Gasteiger partial charge is 0.493 e. The summed E-state index contributed by atoms with van der Waals surface area (Å²) in [4.78, 5) is 16.9. The highest BCUT2D eigenvalue weighted by molar-refractivity contribution is 7.86. The van der Waals surface area contributed by atoms with Gasteiger partial charge in [0.15, 0.2) is 5.43 Å². The molecular formula is C29H25FN4O4S. The van der Waals surface area contributed by atoms with E-state index in [1.165, 1.54) is 18.2 Å². The Balaban J connectivity index is 1.70. The van der Waals surface area contributed by atoms with Gasteiger partial charge in [0.2, 0.25) is 0 Å². The fourth-order valence-electron chi connectivity index (χ4n) is 5.19. The predicted octanol–water partition coefficient (Wildman–Crippen LogP) is 5.16. The number of benzene rings is 3. The van der Waals surface area contributed by atoms with Crippen LogP contribution in [-0.4, -0.2) is 37.7 Å². The third-order valence-electron chi connectivity index (χ3n) is 7.29. The summed E-state index contributed by atoms with van der Waals surface area (Å²) in [5.74, 6) is 0.422. The van der Waals surface area contributed by atoms with Gasteiger partial charge in [-0.1, -0.05) is 31.5 Å². The molecular weight excluding hydrogens is 519 g/mol. The smallest absolute Gasteiger partial charge is 0.332 e. The van der Waals surface area contributed by atoms with Gasteiger partial charge in [0.05, 0.1) is 45.5 Å². The molecule has 1 saturated heterocycles. The molecule has 1 aliphatic heterocycles. The summed E-state index contributed by atoms with van der Waals surface area (Å²) >= 11 is 0. The van der Waals surface area contributed by atoms with Gasteiger partial charge in [0.25, 0.3) is 0 Å². The van der Waals surface area contributed by atoms with Crippen molar-refractivity contribution in [3.8, 4) is 22.9 Å². The third kappa shape index (κ3) is 4.24. The average Bonchev–Trinajstić information content (AvgIpc) is 3.28. The van der Waals surface area contributed by atoms with Gasteiger partial charge in [-0.05, 0) is 48.4 Å². The van der Waals surface area contributed by atoms with Crippen LogP contribution in [0, 0.1) is 11.3 Å². The van der Waals surface area contributed by atoms with Crippen LogP contribution < -0.4 is 15.5 Å². The molecule has 0 radical (unpaired) electrons. The molecule has 10 heteroatoms. The quantitative estimate of drug-likeness (QED) is 0.216. The summed E-state index contributed by atoms with van der Waals surface area (Å²) in [7, 11) is -4.91. The van der Waals surface area contributed by atoms with E-state index in [-0.39, 0.29) is 11.5 Å². The van der Waals surface area contributed by atoms with Crippen LogP contribution in [0.1, 0.15) is 31.4 Å². The van der Waals surface area contributed by atoms with Crippen LogP contribution in [-0.2, 0) is 10.2 Å². The summed E-state index contributed by atoms with van der Waals surface area (Å²) in [5, 5.41) is 14.4. The Morgan fingerprint density at radius 3 is 2.64 bits per heavy atom. The second-order valence-electron chi connectivity index (χ2n) is 9.77. The zero-order valence-corrected chi connectivity index (χ0v) is 21.9. The number of nitrogens with one attached hydrogen (secondary N) is 2. The SMILES string of the molecule is CCCCOc1cc2c(=O)c3c4ccc(C#N)cc4[nH]c3n(C3CNC3)c2cc1-c1cccc(S(=O)(=O)F)c1. The number of fused-ring (bicyclic) bond motifs is 4. The van der Waals surface area contributed by atoms with Gasteiger partial charge in [0, 0.05) is 29.6 Å². The number of nitrogens with zero attached hydrogens (tertiary/aromatic N) is 2. The molecule has 198 valence electrons. The van der Waals surface area contributed by atoms with Crippen molar-refractivity contribution in [2.45, 2.75) is 30.7 Å². The number of pyridine rings is 1. The van der Waals surface area contributed by atoms with Crippen molar-refractivity contribution >= 4 is 43.1 Å². The number of hydrogen-bond acceptors (Lipinski definition) is 6. The van der Waals surface area contributed by atoms with Crippen molar-refractivity contribution in [3.05, 3.63) is 70.4 Å². The molecule has 0 bridgehead atoms. The standard InChI is InChI=1S/C29H25FN4O4S/c1-2-3-9-38-26-13-23-25(12-22(26)18-5-4-6-20(11-18)39(30,36)37)34(19-15-32-16-19)29-27(28(23)35)21-8-7-17(14-31)10-24(21)33-29/h4-8,10-13,19,32-33H,2-3,9,15-16H2,1H3. The molecule has 3 aromatic carbocycles. The van der Waals surface area contributed by atoms with Crippen LogP contribution in [0.25, 0.3) is 44.0 Å². The van der Waals surface area contributed by atoms with Crippen LogP contribution in [0.2, 0.25) is 0 Å². The summed E-state index contributed by atoms with van der Waals surface area (Å²) in [6.45, 7) is 3.84. The van der Waals surface area contributed by atoms with E-state index < -0.39 is 15.1 Å². The molecule has 0 saturated carbocycles. The Kier molecular flexibility index (Phi) is 6.13. The van der Waals surface area contributed by atoms with Crippen molar-refractivity contribution in [3.63, 3.8) is 0 Å². The highest BCUT2D eigenvalue weighted by Crippen LogP contribution is 2.38. The van der Waals surface area contributed by atoms with Crippen LogP contribution in [0.15, 0.2) is 64.3 Å². The molecule has 0 unspecified atom stereocenters. The first kappa shape index (κ1) is 25.1. The van der Waals surface area contributed by atoms with Crippen molar-refractivity contribution in [1.82, 2.24) is 14.9 Å². The number of nitriles is 1. The maximum absolute atomic E-state index is 14.0. The second-order valence-corrected chi connectivity index (χ2v) is 11.1. The van der Waals surface area contributed by atoms with E-state index in [4.69, 9.17) is 4.74 Å². The first-order valence-corrected chi connectivity index (χ1v) is 14.1. The number of hydrogen-bond donors (Lipinski definition) is 2. The minimum absolute atomic E-state index is 0.0522. The molecule has 0 spiro atoms. The molecule has 39 heavy (non-hydrogen) atoms. The lowest BCUT2D eigenvalue weighted by atomic mass is 9.99. The monoisotopic (exact) mass is 544 g/mol. The second kappa shape index (κ2) is 9.52. The average molecular weight is 545 g/mol. The van der Waals surface area contributed by atoms with E-state index in [9.17, 15) is 22.4 Å². The van der Waals surface area contributed by atoms with Crippen LogP contribution in [0.5, 0.6) is 5.75 Å². The zero-order valence-electron chi connectivity index (χ0n) is 21.1. The Morgan fingerprint density at radius 2 is 1.95 bits per heavy atom. The molecule has 3 heterocycles. The first-order chi connectivity index (χ1) is 18.8. The van der Waals surface area contributed by atoms with E-state index >= 15 is 0 Å². The van der Waals surface area contributed by atoms with Crippen LogP contribution in [0.3, 0.4) is 0 Å². The van der Waals surface area contributed by atoms with Crippen molar-refractivity contribution in [2.24, 2.45) is 0 Å². The van der Waals surface area contributed by atoms with Gasteiger partial charge in [-0.2, -0.15) is 13.7 Å². The zero-order chi connectivity index (χ0) is 27.3. The van der Waals surface area contributed by atoms with Gasteiger partial charge in [0.1, 0.15) is 11.4 Å². The van der Waals surface area contributed by atoms with Gasteiger partial charge in [-0.3, -0.25) is 4.79 Å². The molecule has 1 aliphatic rings. The lowest BCUT2D eigenvalue weighted by Crippen LogP contribution is -2.44. The van der Waals surface area contributed by atoms with E-state index in [1.54, 1.807) is 30.3 Å². The number of ether oxygens (including phenoxy) is 1. The van der Waals surface area contributed by atoms with Gasteiger partial charge in [-0.25, -0.2) is 0 Å². The fraction of sp³-hybridized carbons (Fsp3) is 0.241. The molecule has 1 fully saturated rings. The molecule has 8 nitrogen and oxygen atoms in total. The Hall–Kier alpha value is -4.20. The summed E-state index contributed by atoms with van der Waals surface area (Å²) in [5.41, 5.74) is 3.33. The van der Waals surface area contributed by atoms with Crippen molar-refractivity contribution in [1.29, 1.82) is 5.26 Å². The molecule has 0 atom stereocenters. The fourth-order valence-corrected chi connectivity index (χ4v) is 5.70. The molecule has 6 rings (SSSR count). The molecule has 0 aliphatic carbocycles. The highest BCUT2D eigenvalue weighted by atomic mass is 32.3. The first-order valence-electron chi connectivity index (χ1n) is 12.8. The number of unbranched alkanes of at least 4 members (excludes halogenated alkanes) is 1.